The van der Waals surface area contributed by atoms with Crippen molar-refractivity contribution in [2.45, 2.75) is 19.9 Å². The first-order chi connectivity index (χ1) is 10.0. The number of nitrogens with one attached hydrogen (secondary N) is 1. The molecule has 1 atom stereocenters. The number of anilines is 2. The summed E-state index contributed by atoms with van der Waals surface area (Å²) >= 11 is 5.99. The molecule has 0 fully saturated rings. The average molecular weight is 309 g/mol. The Morgan fingerprint density at radius 3 is 2.76 bits per heavy atom. The lowest BCUT2D eigenvalue weighted by molar-refractivity contribution is 0.322. The zero-order valence-electron chi connectivity index (χ0n) is 12.0. The average Bonchev–Trinajstić information content (AvgIpc) is 2.44. The van der Waals surface area contributed by atoms with Crippen LogP contribution in [0.2, 0.25) is 5.02 Å². The number of hydrogen-bond donors (Lipinski definition) is 2. The van der Waals surface area contributed by atoms with E-state index in [0.717, 1.165) is 5.56 Å². The van der Waals surface area contributed by atoms with Gasteiger partial charge < -0.3 is 15.8 Å². The molecule has 0 spiro atoms. The molecule has 21 heavy (non-hydrogen) atoms. The maximum atomic E-state index is 13.7. The molecule has 0 radical (unpaired) electrons. The van der Waals surface area contributed by atoms with E-state index in [2.05, 4.69) is 5.32 Å². The molecule has 0 aliphatic heterocycles. The highest BCUT2D eigenvalue weighted by Gasteiger charge is 2.12. The second kappa shape index (κ2) is 6.68. The molecule has 0 aromatic heterocycles. The molecule has 5 heteroatoms. The predicted octanol–water partition coefficient (Wildman–Crippen LogP) is 4.63. The summed E-state index contributed by atoms with van der Waals surface area (Å²) in [5.74, 6) is -0.275. The summed E-state index contributed by atoms with van der Waals surface area (Å²) in [5.41, 5.74) is 7.85. The van der Waals surface area contributed by atoms with Crippen molar-refractivity contribution >= 4 is 23.0 Å². The molecule has 0 saturated carbocycles. The van der Waals surface area contributed by atoms with E-state index in [-0.39, 0.29) is 11.8 Å². The van der Waals surface area contributed by atoms with Crippen LogP contribution in [0.25, 0.3) is 0 Å². The van der Waals surface area contributed by atoms with E-state index in [0.29, 0.717) is 23.0 Å². The van der Waals surface area contributed by atoms with E-state index in [4.69, 9.17) is 22.1 Å². The van der Waals surface area contributed by atoms with Gasteiger partial charge in [-0.3, -0.25) is 0 Å². The fourth-order valence-corrected chi connectivity index (χ4v) is 2.25. The molecule has 0 bridgehead atoms. The Labute approximate surface area is 128 Å². The summed E-state index contributed by atoms with van der Waals surface area (Å²) < 4.78 is 18.9. The molecule has 0 aliphatic rings. The maximum Gasteiger partial charge on any atom is 0.167 e. The Kier molecular flexibility index (Phi) is 4.91. The smallest absolute Gasteiger partial charge is 0.167 e. The second-order valence-electron chi connectivity index (χ2n) is 4.72. The van der Waals surface area contributed by atoms with Gasteiger partial charge in [0.2, 0.25) is 0 Å². The van der Waals surface area contributed by atoms with Crippen LogP contribution in [0.3, 0.4) is 0 Å². The molecule has 112 valence electrons. The van der Waals surface area contributed by atoms with E-state index >= 15 is 0 Å². The highest BCUT2D eigenvalue weighted by Crippen LogP contribution is 2.31. The van der Waals surface area contributed by atoms with Gasteiger partial charge in [0.1, 0.15) is 0 Å². The molecule has 3 nitrogen and oxygen atoms in total. The quantitative estimate of drug-likeness (QED) is 0.791. The topological polar surface area (TPSA) is 47.3 Å². The van der Waals surface area contributed by atoms with Crippen LogP contribution in [0.5, 0.6) is 5.75 Å². The molecule has 0 heterocycles. The summed E-state index contributed by atoms with van der Waals surface area (Å²) in [6.45, 7) is 4.18. The minimum Gasteiger partial charge on any atom is -0.491 e. The first kappa shape index (κ1) is 15.4. The number of ether oxygens (including phenoxy) is 1. The van der Waals surface area contributed by atoms with Crippen molar-refractivity contribution in [3.63, 3.8) is 0 Å². The maximum absolute atomic E-state index is 13.7. The first-order valence-corrected chi connectivity index (χ1v) is 7.13. The van der Waals surface area contributed by atoms with E-state index in [1.54, 1.807) is 13.0 Å². The summed E-state index contributed by atoms with van der Waals surface area (Å²) in [6.07, 6.45) is 0. The molecule has 2 aromatic carbocycles. The van der Waals surface area contributed by atoms with Gasteiger partial charge in [-0.2, -0.15) is 0 Å². The predicted molar refractivity (Wildman–Crippen MR) is 85.5 cm³/mol. The summed E-state index contributed by atoms with van der Waals surface area (Å²) in [7, 11) is 0. The SMILES string of the molecule is CCOc1cc(NC(C)c2cccc(Cl)c2)c(N)cc1F. The van der Waals surface area contributed by atoms with Crippen LogP contribution in [-0.4, -0.2) is 6.61 Å². The van der Waals surface area contributed by atoms with Gasteiger partial charge in [0.15, 0.2) is 11.6 Å². The Balaban J connectivity index is 2.24. The van der Waals surface area contributed by atoms with E-state index < -0.39 is 5.82 Å². The zero-order chi connectivity index (χ0) is 15.4. The Bertz CT molecular complexity index is 634. The van der Waals surface area contributed by atoms with Crippen molar-refractivity contribution in [3.05, 3.63) is 52.8 Å². The van der Waals surface area contributed by atoms with Crippen molar-refractivity contribution in [2.24, 2.45) is 0 Å². The van der Waals surface area contributed by atoms with Crippen LogP contribution in [0.4, 0.5) is 15.8 Å². The molecule has 0 aliphatic carbocycles. The molecule has 2 rings (SSSR count). The number of halogens is 2. The summed E-state index contributed by atoms with van der Waals surface area (Å²) in [6, 6.07) is 10.4. The van der Waals surface area contributed by atoms with Gasteiger partial charge in [0.25, 0.3) is 0 Å². The molecular weight excluding hydrogens is 291 g/mol. The number of hydrogen-bond acceptors (Lipinski definition) is 3. The monoisotopic (exact) mass is 308 g/mol. The normalized spacial score (nSPS) is 12.0. The van der Waals surface area contributed by atoms with Gasteiger partial charge in [0, 0.05) is 23.2 Å². The van der Waals surface area contributed by atoms with E-state index in [9.17, 15) is 4.39 Å². The van der Waals surface area contributed by atoms with Crippen molar-refractivity contribution in [1.82, 2.24) is 0 Å². The molecule has 0 amide bonds. The standard InChI is InChI=1S/C16H18ClFN2O/c1-3-21-16-9-15(14(19)8-13(16)18)20-10(2)11-5-4-6-12(17)7-11/h4-10,20H,3,19H2,1-2H3. The van der Waals surface area contributed by atoms with Crippen molar-refractivity contribution in [1.29, 1.82) is 0 Å². The van der Waals surface area contributed by atoms with Crippen LogP contribution in [0.15, 0.2) is 36.4 Å². The van der Waals surface area contributed by atoms with Gasteiger partial charge >= 0.3 is 0 Å². The number of nitrogen functional groups attached to an aromatic ring is 1. The third-order valence-corrected chi connectivity index (χ3v) is 3.36. The minimum atomic E-state index is -0.463. The van der Waals surface area contributed by atoms with Crippen molar-refractivity contribution in [3.8, 4) is 5.75 Å². The van der Waals surface area contributed by atoms with Gasteiger partial charge in [-0.05, 0) is 31.5 Å². The van der Waals surface area contributed by atoms with Gasteiger partial charge in [0.05, 0.1) is 18.0 Å². The molecule has 2 aromatic rings. The molecule has 1 unspecified atom stereocenters. The number of rotatable bonds is 5. The second-order valence-corrected chi connectivity index (χ2v) is 5.16. The van der Waals surface area contributed by atoms with Gasteiger partial charge in [-0.15, -0.1) is 0 Å². The lowest BCUT2D eigenvalue weighted by Crippen LogP contribution is -2.09. The van der Waals surface area contributed by atoms with E-state index in [1.165, 1.54) is 6.07 Å². The van der Waals surface area contributed by atoms with Crippen molar-refractivity contribution in [2.75, 3.05) is 17.7 Å². The van der Waals surface area contributed by atoms with Crippen LogP contribution < -0.4 is 15.8 Å². The Hall–Kier alpha value is -1.94. The largest absolute Gasteiger partial charge is 0.491 e. The van der Waals surface area contributed by atoms with Gasteiger partial charge in [-0.1, -0.05) is 23.7 Å². The fourth-order valence-electron chi connectivity index (χ4n) is 2.05. The lowest BCUT2D eigenvalue weighted by Gasteiger charge is -2.18. The highest BCUT2D eigenvalue weighted by atomic mass is 35.5. The van der Waals surface area contributed by atoms with Gasteiger partial charge in [-0.25, -0.2) is 4.39 Å². The lowest BCUT2D eigenvalue weighted by atomic mass is 10.1. The van der Waals surface area contributed by atoms with E-state index in [1.807, 2.05) is 31.2 Å². The van der Waals surface area contributed by atoms with Crippen LogP contribution in [-0.2, 0) is 0 Å². The Morgan fingerprint density at radius 2 is 2.10 bits per heavy atom. The summed E-state index contributed by atoms with van der Waals surface area (Å²) in [4.78, 5) is 0. The third kappa shape index (κ3) is 3.79. The molecular formula is C16H18ClFN2O. The minimum absolute atomic E-state index is 0.0223. The summed E-state index contributed by atoms with van der Waals surface area (Å²) in [5, 5.41) is 3.92. The number of nitrogens with two attached hydrogens (primary N) is 1. The van der Waals surface area contributed by atoms with Crippen LogP contribution >= 0.6 is 11.6 Å². The number of benzene rings is 2. The third-order valence-electron chi connectivity index (χ3n) is 3.12. The molecule has 0 saturated heterocycles. The fraction of sp³-hybridized carbons (Fsp3) is 0.250. The van der Waals surface area contributed by atoms with Crippen molar-refractivity contribution < 1.29 is 9.13 Å². The zero-order valence-corrected chi connectivity index (χ0v) is 12.7. The molecule has 3 N–H and O–H groups in total. The highest BCUT2D eigenvalue weighted by molar-refractivity contribution is 6.30. The first-order valence-electron chi connectivity index (χ1n) is 6.75. The Morgan fingerprint density at radius 1 is 1.33 bits per heavy atom. The van der Waals surface area contributed by atoms with Crippen LogP contribution in [0, 0.1) is 5.82 Å². The van der Waals surface area contributed by atoms with Crippen LogP contribution in [0.1, 0.15) is 25.5 Å².